The summed E-state index contributed by atoms with van der Waals surface area (Å²) in [5, 5.41) is 0. The van der Waals surface area contributed by atoms with E-state index in [0.29, 0.717) is 5.92 Å². The second-order valence-corrected chi connectivity index (χ2v) is 8.51. The summed E-state index contributed by atoms with van der Waals surface area (Å²) in [6.07, 6.45) is 7.05. The fourth-order valence-electron chi connectivity index (χ4n) is 3.97. The Kier molecular flexibility index (Phi) is 4.61. The molecule has 28 heavy (non-hydrogen) atoms. The van der Waals surface area contributed by atoms with E-state index in [9.17, 15) is 0 Å². The average Bonchev–Trinajstić information content (AvgIpc) is 3.05. The van der Waals surface area contributed by atoms with Gasteiger partial charge in [0.15, 0.2) is 0 Å². The highest BCUT2D eigenvalue weighted by atomic mass is 16.5. The van der Waals surface area contributed by atoms with Crippen molar-refractivity contribution in [1.82, 2.24) is 19.9 Å². The van der Waals surface area contributed by atoms with Crippen LogP contribution in [-0.4, -0.2) is 25.5 Å². The number of fused-ring (bicyclic) bond motifs is 1. The molecule has 5 heteroatoms. The predicted octanol–water partition coefficient (Wildman–Crippen LogP) is 4.61. The van der Waals surface area contributed by atoms with Gasteiger partial charge < -0.3 is 4.74 Å². The maximum absolute atomic E-state index is 6.03. The van der Waals surface area contributed by atoms with Crippen LogP contribution in [0.2, 0.25) is 0 Å². The molecule has 0 saturated carbocycles. The van der Waals surface area contributed by atoms with Crippen LogP contribution in [0.4, 0.5) is 0 Å². The highest BCUT2D eigenvalue weighted by molar-refractivity contribution is 5.73. The topological polar surface area (TPSA) is 60.8 Å². The third-order valence-electron chi connectivity index (χ3n) is 5.13. The summed E-state index contributed by atoms with van der Waals surface area (Å²) in [5.74, 6) is 1.18. The van der Waals surface area contributed by atoms with Crippen molar-refractivity contribution in [3.63, 3.8) is 0 Å². The van der Waals surface area contributed by atoms with Gasteiger partial charge in [0, 0.05) is 29.1 Å². The molecular formula is C23H26N4O. The Morgan fingerprint density at radius 1 is 1.00 bits per heavy atom. The number of hydrogen-bond donors (Lipinski definition) is 0. The molecule has 1 unspecified atom stereocenters. The molecule has 0 radical (unpaired) electrons. The summed E-state index contributed by atoms with van der Waals surface area (Å²) in [4.78, 5) is 17.8. The molecule has 0 fully saturated rings. The molecule has 1 atom stereocenters. The van der Waals surface area contributed by atoms with Crippen molar-refractivity contribution in [2.75, 3.05) is 0 Å². The molecule has 1 aliphatic carbocycles. The van der Waals surface area contributed by atoms with E-state index in [4.69, 9.17) is 9.72 Å². The van der Waals surface area contributed by atoms with E-state index in [1.807, 2.05) is 12.3 Å². The molecule has 1 aromatic carbocycles. The van der Waals surface area contributed by atoms with Gasteiger partial charge in [0.05, 0.1) is 5.69 Å². The third-order valence-corrected chi connectivity index (χ3v) is 5.13. The summed E-state index contributed by atoms with van der Waals surface area (Å²) in [7, 11) is 0. The molecular weight excluding hydrogens is 348 g/mol. The van der Waals surface area contributed by atoms with Crippen LogP contribution in [-0.2, 0) is 12.8 Å². The van der Waals surface area contributed by atoms with Gasteiger partial charge in [-0.15, -0.1) is 0 Å². The Morgan fingerprint density at radius 3 is 2.54 bits per heavy atom. The number of aromatic nitrogens is 4. The van der Waals surface area contributed by atoms with E-state index < -0.39 is 0 Å². The van der Waals surface area contributed by atoms with Crippen LogP contribution in [0.15, 0.2) is 37.1 Å². The van der Waals surface area contributed by atoms with E-state index in [-0.39, 0.29) is 5.60 Å². The summed E-state index contributed by atoms with van der Waals surface area (Å²) in [6.45, 7) is 10.4. The summed E-state index contributed by atoms with van der Waals surface area (Å²) in [5.41, 5.74) is 7.69. The second-order valence-electron chi connectivity index (χ2n) is 8.51. The minimum absolute atomic E-state index is 0.221. The van der Waals surface area contributed by atoms with Crippen LogP contribution < -0.4 is 4.74 Å². The van der Waals surface area contributed by atoms with Gasteiger partial charge in [-0.3, -0.25) is 0 Å². The van der Waals surface area contributed by atoms with Crippen molar-refractivity contribution in [3.05, 3.63) is 65.3 Å². The number of nitrogens with zero attached hydrogens (tertiary/aromatic N) is 4. The maximum atomic E-state index is 6.03. The molecule has 0 bridgehead atoms. The normalized spacial score (nSPS) is 16.1. The van der Waals surface area contributed by atoms with Gasteiger partial charge >= 0.3 is 0 Å². The van der Waals surface area contributed by atoms with Crippen molar-refractivity contribution in [2.24, 2.45) is 0 Å². The smallest absolute Gasteiger partial charge is 0.120 e. The van der Waals surface area contributed by atoms with Crippen LogP contribution in [0.5, 0.6) is 5.75 Å². The van der Waals surface area contributed by atoms with Crippen molar-refractivity contribution in [1.29, 1.82) is 0 Å². The first-order valence-electron chi connectivity index (χ1n) is 9.71. The molecule has 5 nitrogen and oxygen atoms in total. The van der Waals surface area contributed by atoms with Crippen LogP contribution in [0.3, 0.4) is 0 Å². The Bertz CT molecular complexity index is 998. The average molecular weight is 374 g/mol. The number of rotatable bonds is 3. The van der Waals surface area contributed by atoms with Gasteiger partial charge in [-0.05, 0) is 76.3 Å². The largest absolute Gasteiger partial charge is 0.488 e. The molecule has 0 aliphatic heterocycles. The van der Waals surface area contributed by atoms with Crippen molar-refractivity contribution in [3.8, 4) is 16.9 Å². The zero-order chi connectivity index (χ0) is 19.9. The van der Waals surface area contributed by atoms with Crippen molar-refractivity contribution < 1.29 is 4.74 Å². The molecule has 2 heterocycles. The Balaban J connectivity index is 1.73. The SMILES string of the molecule is Cc1cc(OC(C)(C)C)ccc1-c1c(C)ncnc1C1Cc2cncnc2C1. The molecule has 0 spiro atoms. The molecule has 1 aliphatic rings. The fourth-order valence-corrected chi connectivity index (χ4v) is 3.97. The number of ether oxygens (including phenoxy) is 1. The highest BCUT2D eigenvalue weighted by Gasteiger charge is 2.28. The van der Waals surface area contributed by atoms with Crippen molar-refractivity contribution >= 4 is 0 Å². The Labute approximate surface area is 166 Å². The van der Waals surface area contributed by atoms with E-state index in [1.54, 1.807) is 12.7 Å². The van der Waals surface area contributed by atoms with Gasteiger partial charge in [-0.25, -0.2) is 19.9 Å². The monoisotopic (exact) mass is 374 g/mol. The summed E-state index contributed by atoms with van der Waals surface area (Å²) < 4.78 is 6.03. The predicted molar refractivity (Wildman–Crippen MR) is 110 cm³/mol. The molecule has 0 saturated heterocycles. The van der Waals surface area contributed by atoms with E-state index in [0.717, 1.165) is 52.4 Å². The molecule has 2 aromatic heterocycles. The summed E-state index contributed by atoms with van der Waals surface area (Å²) >= 11 is 0. The lowest BCUT2D eigenvalue weighted by Gasteiger charge is -2.23. The maximum Gasteiger partial charge on any atom is 0.120 e. The van der Waals surface area contributed by atoms with E-state index in [1.165, 1.54) is 5.56 Å². The van der Waals surface area contributed by atoms with Gasteiger partial charge in [0.2, 0.25) is 0 Å². The Hall–Kier alpha value is -2.82. The van der Waals surface area contributed by atoms with Gasteiger partial charge in [-0.1, -0.05) is 6.07 Å². The lowest BCUT2D eigenvalue weighted by molar-refractivity contribution is 0.131. The quantitative estimate of drug-likeness (QED) is 0.670. The second kappa shape index (κ2) is 6.97. The van der Waals surface area contributed by atoms with Crippen LogP contribution in [0.1, 0.15) is 54.9 Å². The first-order chi connectivity index (χ1) is 13.3. The highest BCUT2D eigenvalue weighted by Crippen LogP contribution is 2.39. The van der Waals surface area contributed by atoms with Gasteiger partial charge in [0.1, 0.15) is 24.0 Å². The number of benzene rings is 1. The van der Waals surface area contributed by atoms with Crippen LogP contribution in [0.25, 0.3) is 11.1 Å². The van der Waals surface area contributed by atoms with Crippen LogP contribution in [0, 0.1) is 13.8 Å². The Morgan fingerprint density at radius 2 is 1.82 bits per heavy atom. The minimum atomic E-state index is -0.221. The standard InChI is InChI=1S/C23H26N4O/c1-14-8-18(28-23(3,4)5)6-7-19(14)21-15(2)25-13-27-22(21)16-9-17-11-24-12-26-20(17)10-16/h6-8,11-13,16H,9-10H2,1-5H3. The van der Waals surface area contributed by atoms with Crippen molar-refractivity contribution in [2.45, 2.75) is 59.0 Å². The molecule has 4 rings (SSSR count). The van der Waals surface area contributed by atoms with E-state index in [2.05, 4.69) is 61.7 Å². The lowest BCUT2D eigenvalue weighted by atomic mass is 9.90. The fraction of sp³-hybridized carbons (Fsp3) is 0.391. The van der Waals surface area contributed by atoms with E-state index >= 15 is 0 Å². The molecule has 144 valence electrons. The molecule has 0 N–H and O–H groups in total. The zero-order valence-electron chi connectivity index (χ0n) is 17.2. The van der Waals surface area contributed by atoms with Gasteiger partial charge in [-0.2, -0.15) is 0 Å². The first-order valence-corrected chi connectivity index (χ1v) is 9.71. The number of hydrogen-bond acceptors (Lipinski definition) is 5. The van der Waals surface area contributed by atoms with Gasteiger partial charge in [0.25, 0.3) is 0 Å². The lowest BCUT2D eigenvalue weighted by Crippen LogP contribution is -2.22. The van der Waals surface area contributed by atoms with Crippen LogP contribution >= 0.6 is 0 Å². The zero-order valence-corrected chi connectivity index (χ0v) is 17.2. The molecule has 0 amide bonds. The number of aryl methyl sites for hydroxylation is 2. The molecule has 3 aromatic rings. The third kappa shape index (κ3) is 3.61. The summed E-state index contributed by atoms with van der Waals surface area (Å²) in [6, 6.07) is 6.28. The first kappa shape index (κ1) is 18.5. The minimum Gasteiger partial charge on any atom is -0.488 e.